The summed E-state index contributed by atoms with van der Waals surface area (Å²) in [5.41, 5.74) is 3.90. The molecule has 2 N–H and O–H groups in total. The van der Waals surface area contributed by atoms with Gasteiger partial charge in [0.15, 0.2) is 5.69 Å². The second-order valence-electron chi connectivity index (χ2n) is 5.08. The van der Waals surface area contributed by atoms with E-state index in [0.717, 1.165) is 6.42 Å². The average Bonchev–Trinajstić information content (AvgIpc) is 2.94. The molecular formula is C12H12ClF3N6O. The maximum Gasteiger partial charge on any atom is 0.435 e. The van der Waals surface area contributed by atoms with Crippen LogP contribution in [0.1, 0.15) is 24.9 Å². The molecule has 0 aromatic carbocycles. The zero-order valence-electron chi connectivity index (χ0n) is 11.9. The summed E-state index contributed by atoms with van der Waals surface area (Å²) >= 11 is 5.84. The van der Waals surface area contributed by atoms with Crippen LogP contribution in [0.3, 0.4) is 0 Å². The molecule has 2 aromatic rings. The number of nitrogens with zero attached hydrogens (tertiary/aromatic N) is 5. The first kappa shape index (κ1) is 15.9. The van der Waals surface area contributed by atoms with E-state index in [9.17, 15) is 13.2 Å². The first-order valence-electron chi connectivity index (χ1n) is 6.75. The third kappa shape index (κ3) is 2.83. The van der Waals surface area contributed by atoms with Crippen LogP contribution in [0.4, 0.5) is 19.1 Å². The smallest absolute Gasteiger partial charge is 0.338 e. The maximum atomic E-state index is 13.2. The van der Waals surface area contributed by atoms with E-state index in [1.54, 1.807) is 4.90 Å². The van der Waals surface area contributed by atoms with Gasteiger partial charge in [-0.2, -0.15) is 18.2 Å². The van der Waals surface area contributed by atoms with E-state index >= 15 is 0 Å². The summed E-state index contributed by atoms with van der Waals surface area (Å²) in [4.78, 5) is 13.2. The molecule has 3 heterocycles. The molecule has 3 rings (SSSR count). The quantitative estimate of drug-likeness (QED) is 0.909. The molecule has 0 unspecified atom stereocenters. The monoisotopic (exact) mass is 348 g/mol. The van der Waals surface area contributed by atoms with Gasteiger partial charge in [0.1, 0.15) is 10.7 Å². The van der Waals surface area contributed by atoms with Crippen molar-refractivity contribution in [3.8, 4) is 11.5 Å². The Morgan fingerprint density at radius 1 is 1.35 bits per heavy atom. The van der Waals surface area contributed by atoms with Crippen molar-refractivity contribution in [1.82, 2.24) is 20.1 Å². The second-order valence-corrected chi connectivity index (χ2v) is 5.46. The van der Waals surface area contributed by atoms with Gasteiger partial charge in [-0.05, 0) is 13.3 Å². The van der Waals surface area contributed by atoms with Crippen LogP contribution in [0.5, 0.6) is 0 Å². The van der Waals surface area contributed by atoms with Crippen LogP contribution in [0.15, 0.2) is 4.52 Å². The van der Waals surface area contributed by atoms with Crippen LogP contribution in [0.25, 0.3) is 11.5 Å². The van der Waals surface area contributed by atoms with Gasteiger partial charge in [0.05, 0.1) is 6.54 Å². The molecule has 1 aliphatic rings. The van der Waals surface area contributed by atoms with Gasteiger partial charge in [-0.3, -0.25) is 0 Å². The van der Waals surface area contributed by atoms with Crippen molar-refractivity contribution < 1.29 is 17.7 Å². The third-order valence-corrected chi connectivity index (χ3v) is 3.90. The Hall–Kier alpha value is -1.94. The maximum absolute atomic E-state index is 13.2. The van der Waals surface area contributed by atoms with Crippen molar-refractivity contribution in [2.75, 3.05) is 11.4 Å². The standard InChI is InChI=1S/C12H12ClF3N6O/c1-5-2-3-22(5)11-19-8(10-18-6(4-17)23-21-10)7(13)9(20-11)12(14,15)16/h5H,2-4,17H2,1H3/t5-/m0/s1. The molecule has 0 spiro atoms. The fraction of sp³-hybridized carbons (Fsp3) is 0.500. The largest absolute Gasteiger partial charge is 0.435 e. The Labute approximate surface area is 133 Å². The molecule has 0 saturated carbocycles. The Morgan fingerprint density at radius 2 is 2.09 bits per heavy atom. The number of rotatable bonds is 3. The molecule has 7 nitrogen and oxygen atoms in total. The van der Waals surface area contributed by atoms with Gasteiger partial charge in [-0.1, -0.05) is 16.8 Å². The van der Waals surface area contributed by atoms with Gasteiger partial charge in [-0.15, -0.1) is 0 Å². The predicted octanol–water partition coefficient (Wildman–Crippen LogP) is 2.26. The molecule has 1 fully saturated rings. The van der Waals surface area contributed by atoms with Gasteiger partial charge >= 0.3 is 6.18 Å². The highest BCUT2D eigenvalue weighted by Crippen LogP contribution is 2.39. The number of hydrogen-bond donors (Lipinski definition) is 1. The number of anilines is 1. The minimum Gasteiger partial charge on any atom is -0.338 e. The topological polar surface area (TPSA) is 94.0 Å². The van der Waals surface area contributed by atoms with E-state index < -0.39 is 16.9 Å². The summed E-state index contributed by atoms with van der Waals surface area (Å²) in [5.74, 6) is -0.144. The number of hydrogen-bond acceptors (Lipinski definition) is 7. The van der Waals surface area contributed by atoms with Crippen LogP contribution in [-0.2, 0) is 12.7 Å². The van der Waals surface area contributed by atoms with E-state index in [1.165, 1.54) is 0 Å². The zero-order valence-corrected chi connectivity index (χ0v) is 12.7. The average molecular weight is 349 g/mol. The predicted molar refractivity (Wildman–Crippen MR) is 74.7 cm³/mol. The molecule has 2 aromatic heterocycles. The summed E-state index contributed by atoms with van der Waals surface area (Å²) < 4.78 is 44.4. The summed E-state index contributed by atoms with van der Waals surface area (Å²) in [5, 5.41) is 2.91. The number of halogens is 4. The minimum absolute atomic E-state index is 0.0438. The molecule has 1 atom stereocenters. The van der Waals surface area contributed by atoms with E-state index in [1.807, 2.05) is 6.92 Å². The van der Waals surface area contributed by atoms with Crippen molar-refractivity contribution in [3.63, 3.8) is 0 Å². The highest BCUT2D eigenvalue weighted by Gasteiger charge is 2.39. The summed E-state index contributed by atoms with van der Waals surface area (Å²) in [6.07, 6.45) is -3.87. The lowest BCUT2D eigenvalue weighted by Crippen LogP contribution is -2.47. The molecule has 0 bridgehead atoms. The lowest BCUT2D eigenvalue weighted by Gasteiger charge is -2.39. The van der Waals surface area contributed by atoms with Crippen LogP contribution < -0.4 is 10.6 Å². The molecule has 23 heavy (non-hydrogen) atoms. The van der Waals surface area contributed by atoms with E-state index in [2.05, 4.69) is 20.1 Å². The highest BCUT2D eigenvalue weighted by atomic mass is 35.5. The van der Waals surface area contributed by atoms with Crippen molar-refractivity contribution in [3.05, 3.63) is 16.6 Å². The molecule has 11 heteroatoms. The van der Waals surface area contributed by atoms with Gasteiger partial charge in [0.2, 0.25) is 17.7 Å². The lowest BCUT2D eigenvalue weighted by atomic mass is 10.1. The fourth-order valence-electron chi connectivity index (χ4n) is 2.15. The van der Waals surface area contributed by atoms with E-state index in [0.29, 0.717) is 6.54 Å². The van der Waals surface area contributed by atoms with Crippen LogP contribution >= 0.6 is 11.6 Å². The third-order valence-electron chi connectivity index (χ3n) is 3.54. The number of alkyl halides is 3. The Kier molecular flexibility index (Phi) is 3.88. The number of nitrogens with two attached hydrogens (primary N) is 1. The van der Waals surface area contributed by atoms with Crippen LogP contribution in [0, 0.1) is 0 Å². The molecule has 1 aliphatic heterocycles. The number of aromatic nitrogens is 4. The van der Waals surface area contributed by atoms with Crippen molar-refractivity contribution in [2.24, 2.45) is 5.73 Å². The zero-order chi connectivity index (χ0) is 16.8. The van der Waals surface area contributed by atoms with Crippen molar-refractivity contribution in [2.45, 2.75) is 32.1 Å². The minimum atomic E-state index is -4.72. The van der Waals surface area contributed by atoms with Crippen LogP contribution in [0.2, 0.25) is 5.02 Å². The fourth-order valence-corrected chi connectivity index (χ4v) is 2.42. The van der Waals surface area contributed by atoms with Gasteiger partial charge in [-0.25, -0.2) is 9.97 Å². The van der Waals surface area contributed by atoms with Crippen molar-refractivity contribution in [1.29, 1.82) is 0 Å². The lowest BCUT2D eigenvalue weighted by molar-refractivity contribution is -0.141. The first-order valence-corrected chi connectivity index (χ1v) is 7.13. The van der Waals surface area contributed by atoms with E-state index in [4.69, 9.17) is 21.9 Å². The normalized spacial score (nSPS) is 18.2. The van der Waals surface area contributed by atoms with E-state index in [-0.39, 0.29) is 35.9 Å². The highest BCUT2D eigenvalue weighted by molar-refractivity contribution is 6.33. The SMILES string of the molecule is C[C@H]1CCN1c1nc(-c2noc(CN)n2)c(Cl)c(C(F)(F)F)n1. The van der Waals surface area contributed by atoms with Gasteiger partial charge < -0.3 is 15.2 Å². The molecule has 0 aliphatic carbocycles. The molecule has 1 saturated heterocycles. The molecular weight excluding hydrogens is 337 g/mol. The Bertz CT molecular complexity index is 734. The van der Waals surface area contributed by atoms with Crippen molar-refractivity contribution >= 4 is 17.5 Å². The summed E-state index contributed by atoms with van der Waals surface area (Å²) in [6, 6.07) is 0.0509. The molecule has 0 amide bonds. The summed E-state index contributed by atoms with van der Waals surface area (Å²) in [7, 11) is 0. The molecule has 0 radical (unpaired) electrons. The molecule has 124 valence electrons. The van der Waals surface area contributed by atoms with Crippen LogP contribution in [-0.4, -0.2) is 32.7 Å². The Morgan fingerprint density at radius 3 is 2.57 bits per heavy atom. The second kappa shape index (κ2) is 5.60. The first-order chi connectivity index (χ1) is 10.8. The Balaban J connectivity index is 2.15. The van der Waals surface area contributed by atoms with Gasteiger partial charge in [0, 0.05) is 12.6 Å². The summed E-state index contributed by atoms with van der Waals surface area (Å²) in [6.45, 7) is 2.40. The van der Waals surface area contributed by atoms with Gasteiger partial charge in [0.25, 0.3) is 0 Å².